The fourth-order valence-electron chi connectivity index (χ4n) is 5.14. The Hall–Kier alpha value is -3.80. The first-order chi connectivity index (χ1) is 20.8. The van der Waals surface area contributed by atoms with Crippen molar-refractivity contribution in [3.05, 3.63) is 104 Å². The molecular weight excluding hydrogens is 657 g/mol. The van der Waals surface area contributed by atoms with Crippen LogP contribution in [0, 0.1) is 11.2 Å². The molecule has 1 heterocycles. The first-order valence-corrected chi connectivity index (χ1v) is 14.8. The summed E-state index contributed by atoms with van der Waals surface area (Å²) >= 11 is 9.49. The van der Waals surface area contributed by atoms with Crippen molar-refractivity contribution in [1.29, 1.82) is 0 Å². The molecule has 4 rings (SSSR count). The van der Waals surface area contributed by atoms with Gasteiger partial charge in [-0.05, 0) is 47.2 Å². The number of halogens is 3. The third kappa shape index (κ3) is 7.11. The van der Waals surface area contributed by atoms with Gasteiger partial charge in [0.15, 0.2) is 5.54 Å². The van der Waals surface area contributed by atoms with Crippen molar-refractivity contribution in [2.45, 2.75) is 45.4 Å². The van der Waals surface area contributed by atoms with E-state index in [1.807, 2.05) is 26.8 Å². The molecule has 1 unspecified atom stereocenters. The summed E-state index contributed by atoms with van der Waals surface area (Å²) in [5, 5.41) is 13.3. The lowest BCUT2D eigenvalue weighted by atomic mass is 9.75. The predicted molar refractivity (Wildman–Crippen MR) is 167 cm³/mol. The smallest absolute Gasteiger partial charge is 0.414 e. The highest BCUT2D eigenvalue weighted by Gasteiger charge is 2.55. The zero-order chi connectivity index (χ0) is 32.2. The number of guanidine groups is 1. The van der Waals surface area contributed by atoms with Crippen molar-refractivity contribution in [1.82, 2.24) is 10.2 Å². The first kappa shape index (κ1) is 33.1. The van der Waals surface area contributed by atoms with Gasteiger partial charge in [0.2, 0.25) is 5.96 Å². The van der Waals surface area contributed by atoms with Crippen molar-refractivity contribution in [2.75, 3.05) is 13.7 Å². The van der Waals surface area contributed by atoms with Crippen LogP contribution >= 0.6 is 27.5 Å². The normalized spacial score (nSPS) is 17.2. The molecule has 0 bridgehead atoms. The third-order valence-corrected chi connectivity index (χ3v) is 7.77. The monoisotopic (exact) mass is 687 g/mol. The van der Waals surface area contributed by atoms with E-state index in [0.717, 1.165) is 10.5 Å². The highest BCUT2D eigenvalue weighted by molar-refractivity contribution is 9.10. The van der Waals surface area contributed by atoms with Gasteiger partial charge in [-0.3, -0.25) is 15.0 Å². The quantitative estimate of drug-likeness (QED) is 0.261. The molecule has 0 radical (unpaired) electrons. The standard InChI is InChI=1S/C32H32BrClFN3O6/c1-31(2,3)18-32(23-12-11-21(33)15-25(23)35)28(41)38(26(16-39)20-10-13-24(34)22(14-20)27(40)43-4)29(37-32)36-30(42)44-17-19-8-6-5-7-9-19/h5-15,26,39H,16-18H2,1-4H3,(H,36,37,42)/t26?,32-/m1/s1. The molecular formula is C32H32BrClFN3O6. The van der Waals surface area contributed by atoms with Crippen molar-refractivity contribution >= 4 is 51.5 Å². The number of carbonyl (C=O) groups is 3. The maximum absolute atomic E-state index is 15.7. The molecule has 12 heteroatoms. The number of aliphatic hydroxyl groups is 1. The number of rotatable bonds is 8. The van der Waals surface area contributed by atoms with E-state index in [1.165, 1.54) is 37.4 Å². The Bertz CT molecular complexity index is 1600. The van der Waals surface area contributed by atoms with Gasteiger partial charge < -0.3 is 14.6 Å². The summed E-state index contributed by atoms with van der Waals surface area (Å²) in [6.07, 6.45) is -0.874. The molecule has 2 amide bonds. The Morgan fingerprint density at radius 3 is 2.45 bits per heavy atom. The molecule has 0 aliphatic carbocycles. The molecule has 3 aromatic rings. The van der Waals surface area contributed by atoms with E-state index >= 15 is 4.39 Å². The summed E-state index contributed by atoms with van der Waals surface area (Å²) in [5.74, 6) is -2.36. The molecule has 1 aliphatic heterocycles. The Balaban J connectivity index is 1.85. The SMILES string of the molecule is COC(=O)c1cc(C(CO)N2C(=O)[C@@](CC(C)(C)C)(c3ccc(Br)cc3F)N=C2NC(=O)OCc2ccccc2)ccc1Cl. The number of benzene rings is 3. The van der Waals surface area contributed by atoms with Crippen LogP contribution in [0.1, 0.15) is 60.3 Å². The molecule has 44 heavy (non-hydrogen) atoms. The summed E-state index contributed by atoms with van der Waals surface area (Å²) in [7, 11) is 1.20. The lowest BCUT2D eigenvalue weighted by molar-refractivity contribution is -0.135. The average Bonchev–Trinajstić information content (AvgIpc) is 3.22. The van der Waals surface area contributed by atoms with Crippen molar-refractivity contribution in [3.63, 3.8) is 0 Å². The van der Waals surface area contributed by atoms with E-state index in [2.05, 4.69) is 21.2 Å². The Labute approximate surface area is 268 Å². The molecule has 0 aromatic heterocycles. The summed E-state index contributed by atoms with van der Waals surface area (Å²) in [4.78, 5) is 45.9. The van der Waals surface area contributed by atoms with Gasteiger partial charge in [0.05, 0.1) is 30.3 Å². The lowest BCUT2D eigenvalue weighted by Crippen LogP contribution is -2.49. The number of hydrogen-bond acceptors (Lipinski definition) is 7. The summed E-state index contributed by atoms with van der Waals surface area (Å²) in [5.41, 5.74) is -1.36. The number of nitrogens with one attached hydrogen (secondary N) is 1. The lowest BCUT2D eigenvalue weighted by Gasteiger charge is -2.34. The van der Waals surface area contributed by atoms with Crippen molar-refractivity contribution < 1.29 is 33.4 Å². The van der Waals surface area contributed by atoms with Crippen LogP contribution in [-0.4, -0.2) is 47.7 Å². The van der Waals surface area contributed by atoms with E-state index in [9.17, 15) is 19.5 Å². The van der Waals surface area contributed by atoms with E-state index < -0.39 is 47.4 Å². The molecule has 0 saturated heterocycles. The predicted octanol–water partition coefficient (Wildman–Crippen LogP) is 6.52. The largest absolute Gasteiger partial charge is 0.465 e. The van der Waals surface area contributed by atoms with Crippen LogP contribution in [0.15, 0.2) is 76.2 Å². The van der Waals surface area contributed by atoms with Gasteiger partial charge in [-0.1, -0.05) is 90.8 Å². The van der Waals surface area contributed by atoms with Crippen LogP contribution in [0.25, 0.3) is 0 Å². The fraction of sp³-hybridized carbons (Fsp3) is 0.312. The Morgan fingerprint density at radius 2 is 1.84 bits per heavy atom. The van der Waals surface area contributed by atoms with Crippen LogP contribution < -0.4 is 5.32 Å². The third-order valence-electron chi connectivity index (χ3n) is 6.95. The number of carbonyl (C=O) groups excluding carboxylic acids is 3. The van der Waals surface area contributed by atoms with Gasteiger partial charge >= 0.3 is 12.1 Å². The number of aliphatic imine (C=N–C) groups is 1. The number of hydrogen-bond donors (Lipinski definition) is 2. The number of ether oxygens (including phenoxy) is 2. The summed E-state index contributed by atoms with van der Waals surface area (Å²) < 4.78 is 26.3. The maximum atomic E-state index is 15.7. The zero-order valence-electron chi connectivity index (χ0n) is 24.6. The van der Waals surface area contributed by atoms with Crippen molar-refractivity contribution in [2.24, 2.45) is 10.4 Å². The van der Waals surface area contributed by atoms with Crippen LogP contribution in [0.5, 0.6) is 0 Å². The van der Waals surface area contributed by atoms with Gasteiger partial charge in [-0.2, -0.15) is 0 Å². The molecule has 3 aromatic carbocycles. The Kier molecular flexibility index (Phi) is 10.1. The summed E-state index contributed by atoms with van der Waals surface area (Å²) in [6.45, 7) is 4.92. The molecule has 0 spiro atoms. The van der Waals surface area contributed by atoms with Crippen LogP contribution in [0.2, 0.25) is 5.02 Å². The number of nitrogens with zero attached hydrogens (tertiary/aromatic N) is 2. The van der Waals surface area contributed by atoms with E-state index in [4.69, 9.17) is 26.1 Å². The Morgan fingerprint density at radius 1 is 1.14 bits per heavy atom. The highest BCUT2D eigenvalue weighted by atomic mass is 79.9. The second kappa shape index (κ2) is 13.5. The van der Waals surface area contributed by atoms with E-state index in [1.54, 1.807) is 30.3 Å². The summed E-state index contributed by atoms with van der Waals surface area (Å²) in [6, 6.07) is 16.5. The van der Waals surface area contributed by atoms with E-state index in [-0.39, 0.29) is 35.1 Å². The molecule has 2 atom stereocenters. The highest BCUT2D eigenvalue weighted by Crippen LogP contribution is 2.46. The van der Waals surface area contributed by atoms with Crippen molar-refractivity contribution in [3.8, 4) is 0 Å². The van der Waals surface area contributed by atoms with Gasteiger partial charge in [0, 0.05) is 10.0 Å². The topological polar surface area (TPSA) is 118 Å². The van der Waals surface area contributed by atoms with Gasteiger partial charge in [-0.15, -0.1) is 0 Å². The van der Waals surface area contributed by atoms with Gasteiger partial charge in [0.1, 0.15) is 12.4 Å². The van der Waals surface area contributed by atoms with Crippen LogP contribution in [-0.2, 0) is 26.4 Å². The number of esters is 1. The maximum Gasteiger partial charge on any atom is 0.414 e. The second-order valence-corrected chi connectivity index (χ2v) is 12.8. The van der Waals surface area contributed by atoms with E-state index in [0.29, 0.717) is 10.0 Å². The van der Waals surface area contributed by atoms with Gasteiger partial charge in [-0.25, -0.2) is 19.0 Å². The minimum absolute atomic E-state index is 0.00499. The fourth-order valence-corrected chi connectivity index (χ4v) is 5.66. The number of alkyl carbamates (subject to hydrolysis) is 1. The minimum atomic E-state index is -1.82. The molecule has 1 aliphatic rings. The van der Waals surface area contributed by atoms with Gasteiger partial charge in [0.25, 0.3) is 5.91 Å². The second-order valence-electron chi connectivity index (χ2n) is 11.4. The first-order valence-electron chi connectivity index (χ1n) is 13.6. The molecule has 9 nitrogen and oxygen atoms in total. The molecule has 2 N–H and O–H groups in total. The number of methoxy groups -OCH3 is 1. The number of amides is 2. The zero-order valence-corrected chi connectivity index (χ0v) is 26.9. The van der Waals surface area contributed by atoms with Crippen LogP contribution in [0.3, 0.4) is 0 Å². The van der Waals surface area contributed by atoms with Crippen LogP contribution in [0.4, 0.5) is 9.18 Å². The minimum Gasteiger partial charge on any atom is -0.465 e. The molecule has 0 fully saturated rings. The number of aliphatic hydroxyl groups excluding tert-OH is 1. The molecule has 232 valence electrons. The average molecular weight is 689 g/mol. The molecule has 0 saturated carbocycles.